The van der Waals surface area contributed by atoms with Crippen LogP contribution in [0.5, 0.6) is 0 Å². The summed E-state index contributed by atoms with van der Waals surface area (Å²) >= 11 is 0. The van der Waals surface area contributed by atoms with Crippen molar-refractivity contribution in [3.8, 4) is 0 Å². The molecule has 2 N–H and O–H groups in total. The number of anilines is 1. The highest BCUT2D eigenvalue weighted by Gasteiger charge is 2.38. The number of piperidine rings is 1. The number of rotatable bonds is 3. The van der Waals surface area contributed by atoms with Crippen molar-refractivity contribution in [2.75, 3.05) is 24.5 Å². The zero-order valence-electron chi connectivity index (χ0n) is 13.9. The van der Waals surface area contributed by atoms with Crippen LogP contribution in [0.1, 0.15) is 30.4 Å². The third-order valence-electron chi connectivity index (χ3n) is 4.68. The van der Waals surface area contributed by atoms with Crippen molar-refractivity contribution in [3.05, 3.63) is 29.3 Å². The number of benzene rings is 1. The van der Waals surface area contributed by atoms with Crippen molar-refractivity contribution in [3.63, 3.8) is 0 Å². The molecule has 2 unspecified atom stereocenters. The van der Waals surface area contributed by atoms with Crippen molar-refractivity contribution < 1.29 is 9.59 Å². The van der Waals surface area contributed by atoms with Crippen molar-refractivity contribution >= 4 is 17.5 Å². The molecule has 0 aliphatic carbocycles. The van der Waals surface area contributed by atoms with Gasteiger partial charge >= 0.3 is 0 Å². The highest BCUT2D eigenvalue weighted by atomic mass is 16.2. The van der Waals surface area contributed by atoms with E-state index in [0.29, 0.717) is 13.0 Å². The molecule has 23 heavy (non-hydrogen) atoms. The maximum Gasteiger partial charge on any atom is 0.239 e. The molecule has 3 rings (SSSR count). The number of carbonyl (C=O) groups is 2. The summed E-state index contributed by atoms with van der Waals surface area (Å²) in [6.45, 7) is 6.47. The summed E-state index contributed by atoms with van der Waals surface area (Å²) in [6, 6.07) is 6.26. The Hall–Kier alpha value is -1.88. The molecular formula is C18H25N3O2. The van der Waals surface area contributed by atoms with Gasteiger partial charge in [-0.1, -0.05) is 6.07 Å². The summed E-state index contributed by atoms with van der Waals surface area (Å²) in [7, 11) is 0. The number of carbonyl (C=O) groups excluding carboxylic acids is 2. The second-order valence-electron chi connectivity index (χ2n) is 6.73. The molecule has 5 heteroatoms. The van der Waals surface area contributed by atoms with Gasteiger partial charge in [-0.3, -0.25) is 9.59 Å². The van der Waals surface area contributed by atoms with Gasteiger partial charge in [0.1, 0.15) is 5.92 Å². The highest BCUT2D eigenvalue weighted by molar-refractivity contribution is 6.09. The molecular weight excluding hydrogens is 290 g/mol. The molecule has 2 saturated heterocycles. The SMILES string of the molecule is Cc1cc(C)cc(N2CCC(C(=O)NC3CCCNC3)C2=O)c1. The first-order valence-electron chi connectivity index (χ1n) is 8.45. The van der Waals surface area contributed by atoms with Gasteiger partial charge in [-0.05, 0) is 62.9 Å². The first-order chi connectivity index (χ1) is 11.0. The summed E-state index contributed by atoms with van der Waals surface area (Å²) in [5.74, 6) is -0.732. The van der Waals surface area contributed by atoms with Gasteiger partial charge in [0.2, 0.25) is 11.8 Å². The van der Waals surface area contributed by atoms with Crippen LogP contribution in [-0.2, 0) is 9.59 Å². The lowest BCUT2D eigenvalue weighted by molar-refractivity contribution is -0.132. The highest BCUT2D eigenvalue weighted by Crippen LogP contribution is 2.27. The molecule has 0 spiro atoms. The smallest absolute Gasteiger partial charge is 0.239 e. The quantitative estimate of drug-likeness (QED) is 0.832. The number of aryl methyl sites for hydroxylation is 2. The fourth-order valence-corrected chi connectivity index (χ4v) is 3.56. The van der Waals surface area contributed by atoms with E-state index in [4.69, 9.17) is 0 Å². The zero-order chi connectivity index (χ0) is 16.4. The Morgan fingerprint density at radius 2 is 1.96 bits per heavy atom. The number of hydrogen-bond donors (Lipinski definition) is 2. The lowest BCUT2D eigenvalue weighted by atomic mass is 10.0. The van der Waals surface area contributed by atoms with Crippen LogP contribution in [0.2, 0.25) is 0 Å². The van der Waals surface area contributed by atoms with Crippen molar-refractivity contribution in [2.45, 2.75) is 39.2 Å². The molecule has 2 amide bonds. The molecule has 2 aliphatic heterocycles. The molecule has 0 radical (unpaired) electrons. The Morgan fingerprint density at radius 3 is 2.61 bits per heavy atom. The number of nitrogens with zero attached hydrogens (tertiary/aromatic N) is 1. The Morgan fingerprint density at radius 1 is 1.22 bits per heavy atom. The van der Waals surface area contributed by atoms with E-state index in [9.17, 15) is 9.59 Å². The largest absolute Gasteiger partial charge is 0.351 e. The minimum Gasteiger partial charge on any atom is -0.351 e. The molecule has 2 aliphatic rings. The van der Waals surface area contributed by atoms with Gasteiger partial charge in [0.25, 0.3) is 0 Å². The summed E-state index contributed by atoms with van der Waals surface area (Å²) in [5, 5.41) is 6.32. The number of nitrogens with one attached hydrogen (secondary N) is 2. The van der Waals surface area contributed by atoms with Gasteiger partial charge in [-0.15, -0.1) is 0 Å². The summed E-state index contributed by atoms with van der Waals surface area (Å²) < 4.78 is 0. The van der Waals surface area contributed by atoms with Crippen LogP contribution in [0.25, 0.3) is 0 Å². The van der Waals surface area contributed by atoms with Crippen LogP contribution in [0, 0.1) is 19.8 Å². The standard InChI is InChI=1S/C18H25N3O2/c1-12-8-13(2)10-15(9-12)21-7-5-16(18(21)23)17(22)20-14-4-3-6-19-11-14/h8-10,14,16,19H,3-7,11H2,1-2H3,(H,20,22). The average molecular weight is 315 g/mol. The van der Waals surface area contributed by atoms with Crippen LogP contribution in [0.15, 0.2) is 18.2 Å². The van der Waals surface area contributed by atoms with Crippen LogP contribution in [0.3, 0.4) is 0 Å². The lowest BCUT2D eigenvalue weighted by Crippen LogP contribution is -2.48. The van der Waals surface area contributed by atoms with E-state index in [2.05, 4.69) is 16.7 Å². The average Bonchev–Trinajstić information content (AvgIpc) is 2.89. The molecule has 2 heterocycles. The second-order valence-corrected chi connectivity index (χ2v) is 6.73. The minimum atomic E-state index is -0.544. The monoisotopic (exact) mass is 315 g/mol. The number of hydrogen-bond acceptors (Lipinski definition) is 3. The topological polar surface area (TPSA) is 61.4 Å². The third-order valence-corrected chi connectivity index (χ3v) is 4.68. The van der Waals surface area contributed by atoms with Gasteiger partial charge in [0.05, 0.1) is 0 Å². The Bertz CT molecular complexity index is 588. The first-order valence-corrected chi connectivity index (χ1v) is 8.45. The van der Waals surface area contributed by atoms with Crippen LogP contribution >= 0.6 is 0 Å². The fourth-order valence-electron chi connectivity index (χ4n) is 3.56. The fraction of sp³-hybridized carbons (Fsp3) is 0.556. The Balaban J connectivity index is 1.67. The lowest BCUT2D eigenvalue weighted by Gasteiger charge is -2.25. The summed E-state index contributed by atoms with van der Waals surface area (Å²) in [6.07, 6.45) is 2.65. The van der Waals surface area contributed by atoms with Crippen molar-refractivity contribution in [2.24, 2.45) is 5.92 Å². The molecule has 124 valence electrons. The van der Waals surface area contributed by atoms with E-state index in [-0.39, 0.29) is 17.9 Å². The Labute approximate surface area is 137 Å². The molecule has 5 nitrogen and oxygen atoms in total. The van der Waals surface area contributed by atoms with Crippen LogP contribution in [-0.4, -0.2) is 37.5 Å². The van der Waals surface area contributed by atoms with Gasteiger partial charge in [0.15, 0.2) is 0 Å². The van der Waals surface area contributed by atoms with E-state index in [0.717, 1.165) is 42.7 Å². The molecule has 1 aromatic rings. The van der Waals surface area contributed by atoms with E-state index in [1.807, 2.05) is 26.0 Å². The molecule has 1 aromatic carbocycles. The molecule has 2 atom stereocenters. The molecule has 0 bridgehead atoms. The molecule has 0 saturated carbocycles. The normalized spacial score (nSPS) is 24.8. The second kappa shape index (κ2) is 6.71. The zero-order valence-corrected chi connectivity index (χ0v) is 13.9. The predicted octanol–water partition coefficient (Wildman–Crippen LogP) is 1.52. The molecule has 2 fully saturated rings. The van der Waals surface area contributed by atoms with Gasteiger partial charge in [0, 0.05) is 24.8 Å². The summed E-state index contributed by atoms with van der Waals surface area (Å²) in [5.41, 5.74) is 3.17. The van der Waals surface area contributed by atoms with Gasteiger partial charge < -0.3 is 15.5 Å². The molecule has 0 aromatic heterocycles. The Kier molecular flexibility index (Phi) is 4.66. The predicted molar refractivity (Wildman–Crippen MR) is 90.4 cm³/mol. The van der Waals surface area contributed by atoms with E-state index in [1.165, 1.54) is 0 Å². The van der Waals surface area contributed by atoms with Crippen molar-refractivity contribution in [1.82, 2.24) is 10.6 Å². The van der Waals surface area contributed by atoms with Crippen LogP contribution < -0.4 is 15.5 Å². The summed E-state index contributed by atoms with van der Waals surface area (Å²) in [4.78, 5) is 26.9. The number of amides is 2. The minimum absolute atomic E-state index is 0.0729. The van der Waals surface area contributed by atoms with E-state index < -0.39 is 5.92 Å². The maximum atomic E-state index is 12.7. The van der Waals surface area contributed by atoms with E-state index in [1.54, 1.807) is 4.90 Å². The van der Waals surface area contributed by atoms with Crippen LogP contribution in [0.4, 0.5) is 5.69 Å². The van der Waals surface area contributed by atoms with Gasteiger partial charge in [-0.2, -0.15) is 0 Å². The van der Waals surface area contributed by atoms with Gasteiger partial charge in [-0.25, -0.2) is 0 Å². The maximum absolute atomic E-state index is 12.7. The third kappa shape index (κ3) is 3.55. The first kappa shape index (κ1) is 16.0. The van der Waals surface area contributed by atoms with E-state index >= 15 is 0 Å². The van der Waals surface area contributed by atoms with Crippen molar-refractivity contribution in [1.29, 1.82) is 0 Å².